The SMILES string of the molecule is CCC(=O)CCCn1cc(Br)c(=O)[nH]c1=O. The van der Waals surface area contributed by atoms with Crippen molar-refractivity contribution in [1.82, 2.24) is 9.55 Å². The fraction of sp³-hybridized carbons (Fsp3) is 0.500. The van der Waals surface area contributed by atoms with Crippen LogP contribution in [0.5, 0.6) is 0 Å². The lowest BCUT2D eigenvalue weighted by atomic mass is 10.2. The molecule has 5 nitrogen and oxygen atoms in total. The number of halogens is 1. The summed E-state index contributed by atoms with van der Waals surface area (Å²) in [6.07, 6.45) is 3.02. The van der Waals surface area contributed by atoms with Crippen molar-refractivity contribution in [3.63, 3.8) is 0 Å². The van der Waals surface area contributed by atoms with Crippen LogP contribution in [0.1, 0.15) is 26.2 Å². The number of hydrogen-bond donors (Lipinski definition) is 1. The highest BCUT2D eigenvalue weighted by Crippen LogP contribution is 2.00. The maximum atomic E-state index is 11.3. The number of aryl methyl sites for hydroxylation is 1. The van der Waals surface area contributed by atoms with Crippen molar-refractivity contribution in [1.29, 1.82) is 0 Å². The van der Waals surface area contributed by atoms with Crippen molar-refractivity contribution in [2.24, 2.45) is 0 Å². The summed E-state index contributed by atoms with van der Waals surface area (Å²) in [7, 11) is 0. The molecule has 0 amide bonds. The Kier molecular flexibility index (Phi) is 4.67. The Morgan fingerprint density at radius 2 is 2.19 bits per heavy atom. The van der Waals surface area contributed by atoms with E-state index in [1.807, 2.05) is 6.92 Å². The van der Waals surface area contributed by atoms with E-state index < -0.39 is 11.2 Å². The van der Waals surface area contributed by atoms with Gasteiger partial charge < -0.3 is 0 Å². The average molecular weight is 289 g/mol. The minimum Gasteiger partial charge on any atom is -0.300 e. The minimum absolute atomic E-state index is 0.177. The van der Waals surface area contributed by atoms with Crippen molar-refractivity contribution in [2.75, 3.05) is 0 Å². The molecule has 0 saturated heterocycles. The van der Waals surface area contributed by atoms with Crippen LogP contribution < -0.4 is 11.2 Å². The van der Waals surface area contributed by atoms with E-state index in [1.165, 1.54) is 10.8 Å². The van der Waals surface area contributed by atoms with Crippen LogP contribution in [0.15, 0.2) is 20.3 Å². The normalized spacial score (nSPS) is 10.4. The summed E-state index contributed by atoms with van der Waals surface area (Å²) in [4.78, 5) is 35.6. The van der Waals surface area contributed by atoms with E-state index in [9.17, 15) is 14.4 Å². The van der Waals surface area contributed by atoms with Gasteiger partial charge in [0.1, 0.15) is 5.78 Å². The number of aromatic amines is 1. The molecule has 0 unspecified atom stereocenters. The number of carbonyl (C=O) groups excluding carboxylic acids is 1. The predicted octanol–water partition coefficient (Wildman–Crippen LogP) is 1.06. The largest absolute Gasteiger partial charge is 0.328 e. The van der Waals surface area contributed by atoms with Crippen LogP contribution >= 0.6 is 15.9 Å². The first kappa shape index (κ1) is 12.9. The Labute approximate surface area is 101 Å². The van der Waals surface area contributed by atoms with E-state index in [0.29, 0.717) is 30.3 Å². The molecular weight excluding hydrogens is 276 g/mol. The molecule has 0 fully saturated rings. The van der Waals surface area contributed by atoms with E-state index in [0.717, 1.165) is 0 Å². The van der Waals surface area contributed by atoms with Crippen LogP contribution in [0.2, 0.25) is 0 Å². The molecule has 1 aromatic rings. The number of rotatable bonds is 5. The Bertz CT molecular complexity index is 490. The van der Waals surface area contributed by atoms with Gasteiger partial charge in [0.2, 0.25) is 0 Å². The summed E-state index contributed by atoms with van der Waals surface area (Å²) >= 11 is 3.04. The second kappa shape index (κ2) is 5.79. The van der Waals surface area contributed by atoms with Crippen molar-refractivity contribution < 1.29 is 4.79 Å². The molecule has 0 bridgehead atoms. The highest BCUT2D eigenvalue weighted by atomic mass is 79.9. The number of ketones is 1. The van der Waals surface area contributed by atoms with Gasteiger partial charge in [0.15, 0.2) is 0 Å². The molecule has 0 aliphatic rings. The molecule has 1 rings (SSSR count). The van der Waals surface area contributed by atoms with E-state index >= 15 is 0 Å². The summed E-state index contributed by atoms with van der Waals surface area (Å²) in [5, 5.41) is 0. The molecule has 88 valence electrons. The number of nitrogens with zero attached hydrogens (tertiary/aromatic N) is 1. The van der Waals surface area contributed by atoms with Crippen molar-refractivity contribution >= 4 is 21.7 Å². The molecule has 0 atom stereocenters. The van der Waals surface area contributed by atoms with Gasteiger partial charge in [0.25, 0.3) is 5.56 Å². The van der Waals surface area contributed by atoms with E-state index in [-0.39, 0.29) is 5.78 Å². The van der Waals surface area contributed by atoms with Gasteiger partial charge in [0.05, 0.1) is 4.47 Å². The maximum Gasteiger partial charge on any atom is 0.328 e. The van der Waals surface area contributed by atoms with E-state index in [4.69, 9.17) is 0 Å². The fourth-order valence-corrected chi connectivity index (χ4v) is 1.62. The van der Waals surface area contributed by atoms with Gasteiger partial charge in [-0.2, -0.15) is 0 Å². The lowest BCUT2D eigenvalue weighted by Crippen LogP contribution is -2.29. The first-order valence-corrected chi connectivity index (χ1v) is 5.85. The van der Waals surface area contributed by atoms with Gasteiger partial charge in [-0.15, -0.1) is 0 Å². The Morgan fingerprint density at radius 3 is 2.81 bits per heavy atom. The van der Waals surface area contributed by atoms with Gasteiger partial charge in [-0.25, -0.2) is 4.79 Å². The van der Waals surface area contributed by atoms with Gasteiger partial charge >= 0.3 is 5.69 Å². The molecule has 0 spiro atoms. The monoisotopic (exact) mass is 288 g/mol. The lowest BCUT2D eigenvalue weighted by molar-refractivity contribution is -0.118. The molecule has 0 aliphatic heterocycles. The second-order valence-electron chi connectivity index (χ2n) is 3.43. The third-order valence-corrected chi connectivity index (χ3v) is 2.78. The summed E-state index contributed by atoms with van der Waals surface area (Å²) < 4.78 is 1.70. The lowest BCUT2D eigenvalue weighted by Gasteiger charge is -2.04. The van der Waals surface area contributed by atoms with E-state index in [2.05, 4.69) is 20.9 Å². The Morgan fingerprint density at radius 1 is 1.50 bits per heavy atom. The zero-order valence-corrected chi connectivity index (χ0v) is 10.5. The number of aromatic nitrogens is 2. The summed E-state index contributed by atoms with van der Waals surface area (Å²) in [6.45, 7) is 2.24. The fourth-order valence-electron chi connectivity index (χ4n) is 1.27. The first-order chi connectivity index (χ1) is 7.54. The van der Waals surface area contributed by atoms with E-state index in [1.54, 1.807) is 0 Å². The number of carbonyl (C=O) groups is 1. The number of H-pyrrole nitrogens is 1. The topological polar surface area (TPSA) is 71.9 Å². The molecular formula is C10H13BrN2O3. The van der Waals surface area contributed by atoms with Gasteiger partial charge in [-0.1, -0.05) is 6.92 Å². The van der Waals surface area contributed by atoms with Crippen LogP contribution in [-0.4, -0.2) is 15.3 Å². The zero-order valence-electron chi connectivity index (χ0n) is 8.96. The third kappa shape index (κ3) is 3.44. The summed E-state index contributed by atoms with van der Waals surface area (Å²) in [6, 6.07) is 0. The number of nitrogens with one attached hydrogen (secondary N) is 1. The van der Waals surface area contributed by atoms with Gasteiger partial charge in [0, 0.05) is 25.6 Å². The van der Waals surface area contributed by atoms with Crippen LogP contribution in [0.3, 0.4) is 0 Å². The van der Waals surface area contributed by atoms with Crippen LogP contribution in [-0.2, 0) is 11.3 Å². The molecule has 0 aliphatic carbocycles. The predicted molar refractivity (Wildman–Crippen MR) is 63.6 cm³/mol. The van der Waals surface area contributed by atoms with Crippen molar-refractivity contribution in [3.05, 3.63) is 31.5 Å². The molecule has 0 radical (unpaired) electrons. The first-order valence-electron chi connectivity index (χ1n) is 5.05. The second-order valence-corrected chi connectivity index (χ2v) is 4.28. The Balaban J connectivity index is 2.68. The minimum atomic E-state index is -0.447. The highest BCUT2D eigenvalue weighted by Gasteiger charge is 2.03. The third-order valence-electron chi connectivity index (χ3n) is 2.22. The maximum absolute atomic E-state index is 11.3. The molecule has 0 aromatic carbocycles. The van der Waals surface area contributed by atoms with Gasteiger partial charge in [-0.3, -0.25) is 19.1 Å². The molecule has 0 saturated carbocycles. The van der Waals surface area contributed by atoms with Gasteiger partial charge in [-0.05, 0) is 22.4 Å². The number of Topliss-reactive ketones (excluding diaryl/α,β-unsaturated/α-hetero) is 1. The smallest absolute Gasteiger partial charge is 0.300 e. The zero-order chi connectivity index (χ0) is 12.1. The average Bonchev–Trinajstić information content (AvgIpc) is 2.25. The Hall–Kier alpha value is -1.17. The number of hydrogen-bond acceptors (Lipinski definition) is 3. The standard InChI is InChI=1S/C10H13BrN2O3/c1-2-7(14)4-3-5-13-6-8(11)9(15)12-10(13)16/h6H,2-5H2,1H3,(H,12,15,16). The summed E-state index contributed by atoms with van der Waals surface area (Å²) in [5.74, 6) is 0.177. The summed E-state index contributed by atoms with van der Waals surface area (Å²) in [5.41, 5.74) is -0.886. The van der Waals surface area contributed by atoms with Crippen molar-refractivity contribution in [3.8, 4) is 0 Å². The highest BCUT2D eigenvalue weighted by molar-refractivity contribution is 9.10. The van der Waals surface area contributed by atoms with Crippen LogP contribution in [0, 0.1) is 0 Å². The molecule has 1 N–H and O–H groups in total. The molecule has 6 heteroatoms. The molecule has 1 aromatic heterocycles. The van der Waals surface area contributed by atoms with Crippen molar-refractivity contribution in [2.45, 2.75) is 32.7 Å². The van der Waals surface area contributed by atoms with Crippen LogP contribution in [0.4, 0.5) is 0 Å². The quantitative estimate of drug-likeness (QED) is 0.881. The van der Waals surface area contributed by atoms with Crippen LogP contribution in [0.25, 0.3) is 0 Å². The molecule has 1 heterocycles. The molecule has 16 heavy (non-hydrogen) atoms.